The lowest BCUT2D eigenvalue weighted by atomic mass is 10.1. The topological polar surface area (TPSA) is 105 Å². The lowest BCUT2D eigenvalue weighted by molar-refractivity contribution is -0.146. The van der Waals surface area contributed by atoms with Crippen LogP contribution >= 0.6 is 0 Å². The lowest BCUT2D eigenvalue weighted by Crippen LogP contribution is -2.42. The molecular weight excluding hydrogens is 415 g/mol. The van der Waals surface area contributed by atoms with Crippen LogP contribution in [0.2, 0.25) is 0 Å². The molecule has 0 saturated carbocycles. The smallest absolute Gasteiger partial charge is 0.310 e. The van der Waals surface area contributed by atoms with Gasteiger partial charge >= 0.3 is 5.97 Å². The summed E-state index contributed by atoms with van der Waals surface area (Å²) in [4.78, 5) is 38.9. The molecule has 1 heterocycles. The van der Waals surface area contributed by atoms with Crippen molar-refractivity contribution in [3.05, 3.63) is 66.0 Å². The van der Waals surface area contributed by atoms with Gasteiger partial charge in [-0.3, -0.25) is 19.4 Å². The fourth-order valence-electron chi connectivity index (χ4n) is 3.50. The van der Waals surface area contributed by atoms with Crippen molar-refractivity contribution in [2.75, 3.05) is 18.7 Å². The van der Waals surface area contributed by atoms with Gasteiger partial charge in [0, 0.05) is 19.5 Å². The van der Waals surface area contributed by atoms with Gasteiger partial charge in [0.2, 0.25) is 5.91 Å². The van der Waals surface area contributed by atoms with Gasteiger partial charge in [0.05, 0.1) is 18.7 Å². The van der Waals surface area contributed by atoms with E-state index in [0.717, 1.165) is 5.56 Å². The summed E-state index contributed by atoms with van der Waals surface area (Å²) in [6.07, 6.45) is 0.00341. The fourth-order valence-corrected chi connectivity index (χ4v) is 3.50. The highest BCUT2D eigenvalue weighted by molar-refractivity contribution is 6.40. The van der Waals surface area contributed by atoms with Gasteiger partial charge in [0.1, 0.15) is 17.6 Å². The molecule has 3 rings (SSSR count). The van der Waals surface area contributed by atoms with Crippen LogP contribution in [0.25, 0.3) is 0 Å². The van der Waals surface area contributed by atoms with Crippen molar-refractivity contribution in [3.8, 4) is 0 Å². The normalized spacial score (nSPS) is 16.3. The maximum atomic E-state index is 13.4. The highest BCUT2D eigenvalue weighted by Crippen LogP contribution is 2.26. The van der Waals surface area contributed by atoms with Crippen LogP contribution in [0, 0.1) is 11.7 Å². The molecule has 9 heteroatoms. The van der Waals surface area contributed by atoms with E-state index >= 15 is 0 Å². The van der Waals surface area contributed by atoms with Gasteiger partial charge in [-0.1, -0.05) is 37.3 Å². The maximum absolute atomic E-state index is 13.4. The predicted octanol–water partition coefficient (Wildman–Crippen LogP) is 2.08. The third-order valence-corrected chi connectivity index (χ3v) is 5.18. The van der Waals surface area contributed by atoms with Crippen LogP contribution in [-0.4, -0.2) is 48.1 Å². The molecular formula is C23H25FN4O4. The molecule has 0 fully saturated rings. The van der Waals surface area contributed by atoms with Crippen molar-refractivity contribution in [1.29, 1.82) is 0 Å². The first kappa shape index (κ1) is 22.9. The molecule has 8 nitrogen and oxygen atoms in total. The zero-order valence-corrected chi connectivity index (χ0v) is 17.9. The highest BCUT2D eigenvalue weighted by atomic mass is 19.1. The number of rotatable bonds is 8. The highest BCUT2D eigenvalue weighted by Gasteiger charge is 2.37. The molecule has 1 aliphatic rings. The number of primary amides is 1. The maximum Gasteiger partial charge on any atom is 0.310 e. The van der Waals surface area contributed by atoms with Gasteiger partial charge in [0.25, 0.3) is 5.91 Å². The number of hydrazone groups is 1. The van der Waals surface area contributed by atoms with Crippen LogP contribution in [0.1, 0.15) is 18.9 Å². The first-order valence-corrected chi connectivity index (χ1v) is 10.1. The number of amides is 2. The molecule has 2 N–H and O–H groups in total. The van der Waals surface area contributed by atoms with Crippen molar-refractivity contribution in [2.24, 2.45) is 16.8 Å². The number of carbonyl (C=O) groups excluding carboxylic acids is 3. The van der Waals surface area contributed by atoms with Gasteiger partial charge in [-0.15, -0.1) is 0 Å². The van der Waals surface area contributed by atoms with E-state index in [1.165, 1.54) is 41.3 Å². The van der Waals surface area contributed by atoms with E-state index in [1.54, 1.807) is 6.92 Å². The molecule has 2 aromatic rings. The fraction of sp³-hybridized carbons (Fsp3) is 0.304. The van der Waals surface area contributed by atoms with E-state index in [-0.39, 0.29) is 25.2 Å². The number of nitrogens with two attached hydrogens (primary N) is 1. The van der Waals surface area contributed by atoms with E-state index < -0.39 is 35.6 Å². The van der Waals surface area contributed by atoms with Gasteiger partial charge in [0.15, 0.2) is 0 Å². The van der Waals surface area contributed by atoms with Crippen molar-refractivity contribution in [3.63, 3.8) is 0 Å². The Hall–Kier alpha value is -3.75. The molecule has 0 aromatic heterocycles. The summed E-state index contributed by atoms with van der Waals surface area (Å²) in [6, 6.07) is 13.8. The zero-order chi connectivity index (χ0) is 23.3. The average molecular weight is 440 g/mol. The lowest BCUT2D eigenvalue weighted by Gasteiger charge is -2.25. The van der Waals surface area contributed by atoms with Gasteiger partial charge in [-0.05, 0) is 29.8 Å². The standard InChI is InChI=1S/C23H25FN4O4/c1-15(23(31)32-2)13-27(14-16-6-4-3-5-7-16)22(30)19-12-20(21(25)29)28(26-19)18-10-8-17(24)9-11-18/h3-11,15,20H,12-14H2,1-2H3,(H2,25,29). The third-order valence-electron chi connectivity index (χ3n) is 5.18. The van der Waals surface area contributed by atoms with E-state index in [2.05, 4.69) is 5.10 Å². The largest absolute Gasteiger partial charge is 0.469 e. The second kappa shape index (κ2) is 10.0. The SMILES string of the molecule is COC(=O)C(C)CN(Cc1ccccc1)C(=O)C1=NN(c2ccc(F)cc2)C(C(N)=O)C1. The molecule has 168 valence electrons. The molecule has 2 unspecified atom stereocenters. The molecule has 0 bridgehead atoms. The molecule has 0 aliphatic carbocycles. The third kappa shape index (κ3) is 5.29. The summed E-state index contributed by atoms with van der Waals surface area (Å²) in [5.41, 5.74) is 6.99. The number of methoxy groups -OCH3 is 1. The Balaban J connectivity index is 1.89. The monoisotopic (exact) mass is 440 g/mol. The molecule has 32 heavy (non-hydrogen) atoms. The molecule has 2 aromatic carbocycles. The van der Waals surface area contributed by atoms with E-state index in [1.807, 2.05) is 30.3 Å². The molecule has 0 radical (unpaired) electrons. The first-order chi connectivity index (χ1) is 15.3. The Morgan fingerprint density at radius 2 is 1.84 bits per heavy atom. The summed E-state index contributed by atoms with van der Waals surface area (Å²) in [5, 5.41) is 5.68. The van der Waals surface area contributed by atoms with E-state index in [9.17, 15) is 18.8 Å². The van der Waals surface area contributed by atoms with Gasteiger partial charge in [-0.25, -0.2) is 4.39 Å². The minimum Gasteiger partial charge on any atom is -0.469 e. The summed E-state index contributed by atoms with van der Waals surface area (Å²) in [6.45, 7) is 2.03. The first-order valence-electron chi connectivity index (χ1n) is 10.1. The van der Waals surface area contributed by atoms with Crippen LogP contribution in [0.3, 0.4) is 0 Å². The second-order valence-electron chi connectivity index (χ2n) is 7.59. The Bertz CT molecular complexity index is 1010. The number of hydrogen-bond acceptors (Lipinski definition) is 6. The van der Waals surface area contributed by atoms with Gasteiger partial charge < -0.3 is 15.4 Å². The predicted molar refractivity (Wildman–Crippen MR) is 117 cm³/mol. The number of esters is 1. The molecule has 2 amide bonds. The number of nitrogens with zero attached hydrogens (tertiary/aromatic N) is 3. The quantitative estimate of drug-likeness (QED) is 0.633. The minimum atomic E-state index is -0.879. The Morgan fingerprint density at radius 1 is 1.19 bits per heavy atom. The minimum absolute atomic E-state index is 0.00341. The molecule has 1 aliphatic heterocycles. The van der Waals surface area contributed by atoms with E-state index in [0.29, 0.717) is 5.69 Å². The number of hydrogen-bond donors (Lipinski definition) is 1. The van der Waals surface area contributed by atoms with Crippen molar-refractivity contribution < 1.29 is 23.5 Å². The van der Waals surface area contributed by atoms with Crippen LogP contribution in [0.5, 0.6) is 0 Å². The number of halogens is 1. The van der Waals surface area contributed by atoms with E-state index in [4.69, 9.17) is 10.5 Å². The number of ether oxygens (including phenoxy) is 1. The van der Waals surface area contributed by atoms with Crippen LogP contribution in [0.4, 0.5) is 10.1 Å². The summed E-state index contributed by atoms with van der Waals surface area (Å²) < 4.78 is 18.1. The molecule has 2 atom stereocenters. The van der Waals surface area contributed by atoms with Crippen LogP contribution < -0.4 is 10.7 Å². The molecule has 0 saturated heterocycles. The number of anilines is 1. The van der Waals surface area contributed by atoms with Crippen molar-refractivity contribution >= 4 is 29.2 Å². The zero-order valence-electron chi connectivity index (χ0n) is 17.9. The number of carbonyl (C=O) groups is 3. The number of benzene rings is 2. The summed E-state index contributed by atoms with van der Waals surface area (Å²) in [7, 11) is 1.29. The second-order valence-corrected chi connectivity index (χ2v) is 7.59. The average Bonchev–Trinajstić information content (AvgIpc) is 3.24. The van der Waals surface area contributed by atoms with Crippen molar-refractivity contribution in [1.82, 2.24) is 4.90 Å². The van der Waals surface area contributed by atoms with Crippen molar-refractivity contribution in [2.45, 2.75) is 25.9 Å². The van der Waals surface area contributed by atoms with Gasteiger partial charge in [-0.2, -0.15) is 5.10 Å². The Morgan fingerprint density at radius 3 is 2.44 bits per heavy atom. The summed E-state index contributed by atoms with van der Waals surface area (Å²) >= 11 is 0. The van der Waals surface area contributed by atoms with Crippen LogP contribution in [0.15, 0.2) is 59.7 Å². The van der Waals surface area contributed by atoms with Crippen LogP contribution in [-0.2, 0) is 25.7 Å². The summed E-state index contributed by atoms with van der Waals surface area (Å²) in [5.74, 6) is -2.50. The Kier molecular flexibility index (Phi) is 7.19. The molecule has 0 spiro atoms. The Labute approximate surface area is 185 Å².